The molecule has 1 aromatic rings. The van der Waals surface area contributed by atoms with E-state index in [9.17, 15) is 0 Å². The van der Waals surface area contributed by atoms with Gasteiger partial charge < -0.3 is 10.2 Å². The Balaban J connectivity index is 2.04. The third-order valence-electron chi connectivity index (χ3n) is 3.01. The molecular weight excluding hydrogens is 188 g/mol. The summed E-state index contributed by atoms with van der Waals surface area (Å²) in [6.45, 7) is 7.56. The maximum Gasteiger partial charge on any atom is 0.0827 e. The number of aryl methyl sites for hydroxylation is 2. The molecule has 1 saturated heterocycles. The van der Waals surface area contributed by atoms with Crippen LogP contribution < -0.4 is 10.2 Å². The van der Waals surface area contributed by atoms with Gasteiger partial charge in [0.25, 0.3) is 0 Å². The van der Waals surface area contributed by atoms with E-state index in [1.165, 1.54) is 12.1 Å². The van der Waals surface area contributed by atoms with E-state index in [-0.39, 0.29) is 0 Å². The Morgan fingerprint density at radius 2 is 2.40 bits per heavy atom. The van der Waals surface area contributed by atoms with Gasteiger partial charge in [0, 0.05) is 32.4 Å². The molecule has 0 aromatic carbocycles. The Labute approximate surface area is 91.3 Å². The first-order valence-corrected chi connectivity index (χ1v) is 5.69. The van der Waals surface area contributed by atoms with Gasteiger partial charge in [0.05, 0.1) is 11.4 Å². The first-order chi connectivity index (χ1) is 7.20. The second kappa shape index (κ2) is 4.23. The van der Waals surface area contributed by atoms with Crippen LogP contribution in [0, 0.1) is 6.92 Å². The molecule has 0 radical (unpaired) electrons. The monoisotopic (exact) mass is 208 g/mol. The minimum atomic E-state index is 0.648. The maximum atomic E-state index is 4.38. The average molecular weight is 208 g/mol. The zero-order chi connectivity index (χ0) is 10.8. The SMILES string of the molecule is CCNC1CCN(c2cn(C)nc2C)C1. The van der Waals surface area contributed by atoms with Crippen molar-refractivity contribution in [1.29, 1.82) is 0 Å². The van der Waals surface area contributed by atoms with Gasteiger partial charge in [0.2, 0.25) is 0 Å². The molecule has 0 spiro atoms. The third kappa shape index (κ3) is 2.15. The normalized spacial score (nSPS) is 21.3. The Bertz CT molecular complexity index is 331. The number of aromatic nitrogens is 2. The fourth-order valence-corrected chi connectivity index (χ4v) is 2.33. The summed E-state index contributed by atoms with van der Waals surface area (Å²) in [5.41, 5.74) is 2.42. The molecule has 1 atom stereocenters. The zero-order valence-corrected chi connectivity index (χ0v) is 9.82. The van der Waals surface area contributed by atoms with Crippen LogP contribution >= 0.6 is 0 Å². The van der Waals surface area contributed by atoms with Crippen molar-refractivity contribution in [3.8, 4) is 0 Å². The fraction of sp³-hybridized carbons (Fsp3) is 0.727. The van der Waals surface area contributed by atoms with Crippen molar-refractivity contribution in [3.63, 3.8) is 0 Å². The molecule has 1 aromatic heterocycles. The van der Waals surface area contributed by atoms with Gasteiger partial charge in [-0.25, -0.2) is 0 Å². The molecule has 0 amide bonds. The predicted molar refractivity (Wildman–Crippen MR) is 62.2 cm³/mol. The van der Waals surface area contributed by atoms with Crippen LogP contribution in [0.1, 0.15) is 19.0 Å². The molecule has 0 bridgehead atoms. The Hall–Kier alpha value is -1.03. The molecule has 84 valence electrons. The van der Waals surface area contributed by atoms with E-state index in [1.807, 2.05) is 11.7 Å². The third-order valence-corrected chi connectivity index (χ3v) is 3.01. The van der Waals surface area contributed by atoms with Crippen LogP contribution in [-0.4, -0.2) is 35.5 Å². The molecule has 4 nitrogen and oxygen atoms in total. The molecule has 1 aliphatic rings. The van der Waals surface area contributed by atoms with Crippen molar-refractivity contribution in [2.24, 2.45) is 7.05 Å². The van der Waals surface area contributed by atoms with E-state index >= 15 is 0 Å². The summed E-state index contributed by atoms with van der Waals surface area (Å²) < 4.78 is 1.89. The molecule has 2 heterocycles. The average Bonchev–Trinajstić information content (AvgIpc) is 2.73. The van der Waals surface area contributed by atoms with Crippen LogP contribution in [0.4, 0.5) is 5.69 Å². The number of nitrogens with one attached hydrogen (secondary N) is 1. The van der Waals surface area contributed by atoms with Gasteiger partial charge in [-0.2, -0.15) is 5.10 Å². The maximum absolute atomic E-state index is 4.38. The smallest absolute Gasteiger partial charge is 0.0827 e. The van der Waals surface area contributed by atoms with Gasteiger partial charge in [0.1, 0.15) is 0 Å². The van der Waals surface area contributed by atoms with E-state index < -0.39 is 0 Å². The van der Waals surface area contributed by atoms with Gasteiger partial charge in [-0.15, -0.1) is 0 Å². The molecule has 1 N–H and O–H groups in total. The van der Waals surface area contributed by atoms with E-state index in [1.54, 1.807) is 0 Å². The highest BCUT2D eigenvalue weighted by molar-refractivity contribution is 5.49. The lowest BCUT2D eigenvalue weighted by molar-refractivity contribution is 0.572. The first kappa shape index (κ1) is 10.5. The van der Waals surface area contributed by atoms with Crippen molar-refractivity contribution >= 4 is 5.69 Å². The quantitative estimate of drug-likeness (QED) is 0.801. The molecule has 0 saturated carbocycles. The Kier molecular flexibility index (Phi) is 2.95. The Morgan fingerprint density at radius 3 is 3.00 bits per heavy atom. The summed E-state index contributed by atoms with van der Waals surface area (Å²) in [4.78, 5) is 2.43. The predicted octanol–water partition coefficient (Wildman–Crippen LogP) is 0.917. The zero-order valence-electron chi connectivity index (χ0n) is 9.82. The summed E-state index contributed by atoms with van der Waals surface area (Å²) in [5.74, 6) is 0. The summed E-state index contributed by atoms with van der Waals surface area (Å²) in [6, 6.07) is 0.648. The highest BCUT2D eigenvalue weighted by Gasteiger charge is 2.23. The van der Waals surface area contributed by atoms with Gasteiger partial charge in [-0.05, 0) is 19.9 Å². The van der Waals surface area contributed by atoms with Crippen LogP contribution in [0.2, 0.25) is 0 Å². The van der Waals surface area contributed by atoms with Crippen molar-refractivity contribution in [2.45, 2.75) is 26.3 Å². The Morgan fingerprint density at radius 1 is 1.60 bits per heavy atom. The second-order valence-corrected chi connectivity index (χ2v) is 4.26. The number of hydrogen-bond donors (Lipinski definition) is 1. The lowest BCUT2D eigenvalue weighted by atomic mass is 10.3. The molecule has 1 aliphatic heterocycles. The first-order valence-electron chi connectivity index (χ1n) is 5.69. The number of hydrogen-bond acceptors (Lipinski definition) is 3. The van der Waals surface area contributed by atoms with Gasteiger partial charge in [-0.1, -0.05) is 6.92 Å². The van der Waals surface area contributed by atoms with Crippen LogP contribution in [0.5, 0.6) is 0 Å². The van der Waals surface area contributed by atoms with Crippen molar-refractivity contribution < 1.29 is 0 Å². The molecule has 0 aliphatic carbocycles. The standard InChI is InChI=1S/C11H20N4/c1-4-12-10-5-6-15(7-10)11-8-14(3)13-9(11)2/h8,10,12H,4-7H2,1-3H3. The van der Waals surface area contributed by atoms with Crippen molar-refractivity contribution in [1.82, 2.24) is 15.1 Å². The van der Waals surface area contributed by atoms with Gasteiger partial charge in [0.15, 0.2) is 0 Å². The van der Waals surface area contributed by atoms with Gasteiger partial charge in [-0.3, -0.25) is 4.68 Å². The topological polar surface area (TPSA) is 33.1 Å². The fourth-order valence-electron chi connectivity index (χ4n) is 2.33. The van der Waals surface area contributed by atoms with E-state index in [2.05, 4.69) is 35.4 Å². The molecule has 2 rings (SSSR count). The van der Waals surface area contributed by atoms with Crippen LogP contribution in [0.15, 0.2) is 6.20 Å². The minimum absolute atomic E-state index is 0.648. The molecule has 4 heteroatoms. The number of anilines is 1. The number of rotatable bonds is 3. The summed E-state index contributed by atoms with van der Waals surface area (Å²) >= 11 is 0. The van der Waals surface area contributed by atoms with Crippen LogP contribution in [0.25, 0.3) is 0 Å². The minimum Gasteiger partial charge on any atom is -0.367 e. The highest BCUT2D eigenvalue weighted by atomic mass is 15.3. The summed E-state index contributed by atoms with van der Waals surface area (Å²) in [6.07, 6.45) is 3.35. The van der Waals surface area contributed by atoms with E-state index in [0.717, 1.165) is 25.3 Å². The van der Waals surface area contributed by atoms with E-state index in [4.69, 9.17) is 0 Å². The molecule has 15 heavy (non-hydrogen) atoms. The molecule has 1 fully saturated rings. The molecule has 1 unspecified atom stereocenters. The van der Waals surface area contributed by atoms with Gasteiger partial charge >= 0.3 is 0 Å². The number of nitrogens with zero attached hydrogens (tertiary/aromatic N) is 3. The van der Waals surface area contributed by atoms with Crippen LogP contribution in [-0.2, 0) is 7.05 Å². The van der Waals surface area contributed by atoms with Crippen molar-refractivity contribution in [2.75, 3.05) is 24.5 Å². The lowest BCUT2D eigenvalue weighted by Crippen LogP contribution is -2.32. The second-order valence-electron chi connectivity index (χ2n) is 4.26. The summed E-state index contributed by atoms with van der Waals surface area (Å²) in [5, 5.41) is 7.88. The van der Waals surface area contributed by atoms with Crippen molar-refractivity contribution in [3.05, 3.63) is 11.9 Å². The van der Waals surface area contributed by atoms with E-state index in [0.29, 0.717) is 6.04 Å². The summed E-state index contributed by atoms with van der Waals surface area (Å²) in [7, 11) is 1.98. The largest absolute Gasteiger partial charge is 0.367 e. The highest BCUT2D eigenvalue weighted by Crippen LogP contribution is 2.22. The lowest BCUT2D eigenvalue weighted by Gasteiger charge is -2.17. The number of likely N-dealkylation sites (N-methyl/N-ethyl adjacent to an activating group) is 1. The van der Waals surface area contributed by atoms with Crippen LogP contribution in [0.3, 0.4) is 0 Å². The molecular formula is C11H20N4.